The molecule has 1 heterocycles. The number of rotatable bonds is 3. The molecule has 2 rings (SSSR count). The molecule has 0 unspecified atom stereocenters. The van der Waals surface area contributed by atoms with Crippen LogP contribution in [0.25, 0.3) is 0 Å². The topological polar surface area (TPSA) is 58.6 Å². The van der Waals surface area contributed by atoms with E-state index in [9.17, 15) is 9.59 Å². The third-order valence-corrected chi connectivity index (χ3v) is 3.47. The molecule has 0 aliphatic carbocycles. The van der Waals surface area contributed by atoms with Gasteiger partial charge in [0.2, 0.25) is 5.91 Å². The fourth-order valence-electron chi connectivity index (χ4n) is 2.27. The average molecular weight is 290 g/mol. The second-order valence-corrected chi connectivity index (χ2v) is 6.12. The maximum atomic E-state index is 12.1. The zero-order chi connectivity index (χ0) is 15.6. The lowest BCUT2D eigenvalue weighted by molar-refractivity contribution is -0.120. The zero-order valence-electron chi connectivity index (χ0n) is 13.0. The maximum absolute atomic E-state index is 12.1. The molecular formula is C16H22N2O3. The van der Waals surface area contributed by atoms with Gasteiger partial charge in [-0.2, -0.15) is 0 Å². The summed E-state index contributed by atoms with van der Waals surface area (Å²) in [5, 5.41) is 2.35. The summed E-state index contributed by atoms with van der Waals surface area (Å²) in [6.45, 7) is 9.15. The molecule has 5 heteroatoms. The van der Waals surface area contributed by atoms with E-state index in [1.165, 1.54) is 0 Å². The Morgan fingerprint density at radius 2 is 2.00 bits per heavy atom. The molecule has 5 nitrogen and oxygen atoms in total. The molecule has 0 radical (unpaired) electrons. The number of hydrogen-bond donors (Lipinski definition) is 1. The van der Waals surface area contributed by atoms with E-state index in [1.54, 1.807) is 4.90 Å². The van der Waals surface area contributed by atoms with Crippen molar-refractivity contribution in [3.63, 3.8) is 0 Å². The summed E-state index contributed by atoms with van der Waals surface area (Å²) < 4.78 is 5.63. The summed E-state index contributed by atoms with van der Waals surface area (Å²) in [5.74, 6) is 0.427. The molecule has 1 aromatic rings. The van der Waals surface area contributed by atoms with E-state index in [-0.39, 0.29) is 11.3 Å². The molecule has 1 aliphatic rings. The van der Waals surface area contributed by atoms with Crippen molar-refractivity contribution < 1.29 is 14.3 Å². The average Bonchev–Trinajstić information content (AvgIpc) is 2.39. The standard InChI is InChI=1S/C16H22N2O3/c1-5-21-13-7-6-11(16(2,3)4)10-12(13)18-9-8-14(19)17-15(18)20/h6-7,10H,5,8-9H2,1-4H3,(H,17,19,20). The Hall–Kier alpha value is -2.04. The minimum Gasteiger partial charge on any atom is -0.492 e. The molecule has 1 saturated heterocycles. The highest BCUT2D eigenvalue weighted by Crippen LogP contribution is 2.34. The number of urea groups is 1. The molecule has 21 heavy (non-hydrogen) atoms. The molecule has 0 bridgehead atoms. The summed E-state index contributed by atoms with van der Waals surface area (Å²) in [6.07, 6.45) is 0.303. The minimum atomic E-state index is -0.390. The lowest BCUT2D eigenvalue weighted by Gasteiger charge is -2.30. The first-order valence-corrected chi connectivity index (χ1v) is 7.21. The van der Waals surface area contributed by atoms with Crippen LogP contribution in [0.15, 0.2) is 18.2 Å². The van der Waals surface area contributed by atoms with Crippen LogP contribution in [0, 0.1) is 0 Å². The fraction of sp³-hybridized carbons (Fsp3) is 0.500. The Labute approximate surface area is 125 Å². The van der Waals surface area contributed by atoms with Gasteiger partial charge in [-0.3, -0.25) is 15.0 Å². The van der Waals surface area contributed by atoms with E-state index in [0.29, 0.717) is 31.0 Å². The van der Waals surface area contributed by atoms with Crippen molar-refractivity contribution in [2.75, 3.05) is 18.1 Å². The van der Waals surface area contributed by atoms with Gasteiger partial charge in [-0.05, 0) is 30.0 Å². The van der Waals surface area contributed by atoms with E-state index >= 15 is 0 Å². The van der Waals surface area contributed by atoms with Crippen LogP contribution >= 0.6 is 0 Å². The first-order chi connectivity index (χ1) is 9.82. The van der Waals surface area contributed by atoms with Crippen LogP contribution in [0.2, 0.25) is 0 Å². The second-order valence-electron chi connectivity index (χ2n) is 6.12. The van der Waals surface area contributed by atoms with Gasteiger partial charge in [0.05, 0.1) is 12.3 Å². The molecular weight excluding hydrogens is 268 g/mol. The van der Waals surface area contributed by atoms with E-state index in [4.69, 9.17) is 4.74 Å². The first kappa shape index (κ1) is 15.4. The zero-order valence-corrected chi connectivity index (χ0v) is 13.0. The molecule has 0 aromatic heterocycles. The Morgan fingerprint density at radius 1 is 1.29 bits per heavy atom. The van der Waals surface area contributed by atoms with Crippen LogP contribution in [0.4, 0.5) is 10.5 Å². The maximum Gasteiger partial charge on any atom is 0.328 e. The molecule has 1 fully saturated rings. The van der Waals surface area contributed by atoms with Crippen LogP contribution in [-0.4, -0.2) is 25.1 Å². The first-order valence-electron chi connectivity index (χ1n) is 7.21. The van der Waals surface area contributed by atoms with Crippen molar-refractivity contribution in [3.8, 4) is 5.75 Å². The molecule has 0 atom stereocenters. The Bertz CT molecular complexity index is 561. The number of imide groups is 1. The Balaban J connectivity index is 2.43. The highest BCUT2D eigenvalue weighted by Gasteiger charge is 2.27. The number of nitrogens with one attached hydrogen (secondary N) is 1. The third-order valence-electron chi connectivity index (χ3n) is 3.47. The fourth-order valence-corrected chi connectivity index (χ4v) is 2.27. The molecule has 114 valence electrons. The van der Waals surface area contributed by atoms with Gasteiger partial charge in [-0.1, -0.05) is 26.8 Å². The van der Waals surface area contributed by atoms with E-state index in [0.717, 1.165) is 5.56 Å². The number of benzene rings is 1. The van der Waals surface area contributed by atoms with Gasteiger partial charge >= 0.3 is 6.03 Å². The van der Waals surface area contributed by atoms with E-state index in [2.05, 4.69) is 26.1 Å². The van der Waals surface area contributed by atoms with Gasteiger partial charge < -0.3 is 4.74 Å². The number of amides is 3. The highest BCUT2D eigenvalue weighted by atomic mass is 16.5. The van der Waals surface area contributed by atoms with Crippen LogP contribution in [-0.2, 0) is 10.2 Å². The highest BCUT2D eigenvalue weighted by molar-refractivity contribution is 6.06. The molecule has 1 N–H and O–H groups in total. The van der Waals surface area contributed by atoms with Crippen molar-refractivity contribution in [1.82, 2.24) is 5.32 Å². The number of carbonyl (C=O) groups excluding carboxylic acids is 2. The van der Waals surface area contributed by atoms with Gasteiger partial charge in [0.1, 0.15) is 5.75 Å². The predicted molar refractivity (Wildman–Crippen MR) is 81.8 cm³/mol. The van der Waals surface area contributed by atoms with Crippen molar-refractivity contribution in [3.05, 3.63) is 23.8 Å². The molecule has 1 aliphatic heterocycles. The van der Waals surface area contributed by atoms with Crippen LogP contribution in [0.5, 0.6) is 5.75 Å². The van der Waals surface area contributed by atoms with Gasteiger partial charge in [0.25, 0.3) is 0 Å². The van der Waals surface area contributed by atoms with Gasteiger partial charge in [-0.25, -0.2) is 4.79 Å². The SMILES string of the molecule is CCOc1ccc(C(C)(C)C)cc1N1CCC(=O)NC1=O. The smallest absolute Gasteiger partial charge is 0.328 e. The van der Waals surface area contributed by atoms with Gasteiger partial charge in [0.15, 0.2) is 0 Å². The van der Waals surface area contributed by atoms with Crippen molar-refractivity contribution >= 4 is 17.6 Å². The van der Waals surface area contributed by atoms with Crippen LogP contribution < -0.4 is 15.0 Å². The monoisotopic (exact) mass is 290 g/mol. The number of anilines is 1. The number of ether oxygens (including phenoxy) is 1. The summed E-state index contributed by atoms with van der Waals surface area (Å²) in [7, 11) is 0. The van der Waals surface area contributed by atoms with Crippen LogP contribution in [0.3, 0.4) is 0 Å². The second kappa shape index (κ2) is 5.76. The largest absolute Gasteiger partial charge is 0.492 e. The summed E-state index contributed by atoms with van der Waals surface area (Å²) in [5.41, 5.74) is 1.81. The van der Waals surface area contributed by atoms with Gasteiger partial charge in [-0.15, -0.1) is 0 Å². The predicted octanol–water partition coefficient (Wildman–Crippen LogP) is 2.83. The molecule has 0 saturated carbocycles. The number of hydrogen-bond acceptors (Lipinski definition) is 3. The number of nitrogens with zero attached hydrogens (tertiary/aromatic N) is 1. The summed E-state index contributed by atoms with van der Waals surface area (Å²) in [6, 6.07) is 5.49. The quantitative estimate of drug-likeness (QED) is 0.931. The van der Waals surface area contributed by atoms with Crippen molar-refractivity contribution in [2.45, 2.75) is 39.5 Å². The third kappa shape index (κ3) is 3.35. The van der Waals surface area contributed by atoms with Gasteiger partial charge in [0, 0.05) is 13.0 Å². The molecule has 0 spiro atoms. The number of carbonyl (C=O) groups is 2. The minimum absolute atomic E-state index is 0.0262. The molecule has 1 aromatic carbocycles. The lowest BCUT2D eigenvalue weighted by atomic mass is 9.86. The van der Waals surface area contributed by atoms with Crippen molar-refractivity contribution in [2.24, 2.45) is 0 Å². The summed E-state index contributed by atoms with van der Waals surface area (Å²) in [4.78, 5) is 24.9. The Kier molecular flexibility index (Phi) is 4.21. The van der Waals surface area contributed by atoms with E-state index in [1.807, 2.05) is 25.1 Å². The van der Waals surface area contributed by atoms with Crippen molar-refractivity contribution in [1.29, 1.82) is 0 Å². The molecule has 3 amide bonds. The lowest BCUT2D eigenvalue weighted by Crippen LogP contribution is -2.49. The summed E-state index contributed by atoms with van der Waals surface area (Å²) >= 11 is 0. The normalized spacial score (nSPS) is 15.9. The van der Waals surface area contributed by atoms with Crippen LogP contribution in [0.1, 0.15) is 39.7 Å². The van der Waals surface area contributed by atoms with E-state index < -0.39 is 6.03 Å². The Morgan fingerprint density at radius 3 is 2.57 bits per heavy atom.